The average molecular weight is 498 g/mol. The van der Waals surface area contributed by atoms with Crippen LogP contribution in [0.4, 0.5) is 5.69 Å². The number of nitrogens with one attached hydrogen (secondary N) is 2. The molecule has 9 nitrogen and oxygen atoms in total. The van der Waals surface area contributed by atoms with E-state index in [-0.39, 0.29) is 23.5 Å². The van der Waals surface area contributed by atoms with Crippen molar-refractivity contribution in [1.29, 1.82) is 0 Å². The van der Waals surface area contributed by atoms with Crippen molar-refractivity contribution in [2.24, 2.45) is 0 Å². The maximum Gasteiger partial charge on any atom is 0.255 e. The molecule has 2 heterocycles. The van der Waals surface area contributed by atoms with E-state index in [4.69, 9.17) is 14.2 Å². The van der Waals surface area contributed by atoms with Crippen molar-refractivity contribution in [2.75, 3.05) is 25.6 Å². The van der Waals surface area contributed by atoms with Gasteiger partial charge in [0, 0.05) is 48.4 Å². The minimum Gasteiger partial charge on any atom is -0.493 e. The van der Waals surface area contributed by atoms with Crippen molar-refractivity contribution in [2.45, 2.75) is 30.4 Å². The Bertz CT molecular complexity index is 1240. The van der Waals surface area contributed by atoms with Crippen molar-refractivity contribution in [1.82, 2.24) is 9.71 Å². The maximum atomic E-state index is 12.7. The van der Waals surface area contributed by atoms with Crippen molar-refractivity contribution in [3.63, 3.8) is 0 Å². The molecule has 2 aromatic carbocycles. The summed E-state index contributed by atoms with van der Waals surface area (Å²) < 4.78 is 44.3. The van der Waals surface area contributed by atoms with Gasteiger partial charge in [-0.15, -0.1) is 0 Å². The Morgan fingerprint density at radius 3 is 2.66 bits per heavy atom. The van der Waals surface area contributed by atoms with Crippen LogP contribution in [-0.4, -0.2) is 45.7 Å². The van der Waals surface area contributed by atoms with E-state index in [1.165, 1.54) is 31.4 Å². The standard InChI is InChI=1S/C25H27N3O6S/c1-32-23-11-8-20(14-24(23)34-17-18-4-2-12-26-15-18)28-25(29)19-6-9-22(10-7-19)35(30,31)27-16-21-5-3-13-33-21/h2,4,6-12,14-15,21,27H,3,5,13,16-17H2,1H3,(H,28,29). The lowest BCUT2D eigenvalue weighted by molar-refractivity contribution is 0.102. The van der Waals surface area contributed by atoms with E-state index in [9.17, 15) is 13.2 Å². The van der Waals surface area contributed by atoms with Gasteiger partial charge in [-0.05, 0) is 55.3 Å². The molecule has 2 N–H and O–H groups in total. The molecule has 0 bridgehead atoms. The molecule has 1 amide bonds. The molecular formula is C25H27N3O6S. The zero-order valence-corrected chi connectivity index (χ0v) is 20.1. The van der Waals surface area contributed by atoms with Gasteiger partial charge in [0.2, 0.25) is 10.0 Å². The third-order valence-corrected chi connectivity index (χ3v) is 6.93. The Labute approximate surface area is 204 Å². The fraction of sp³-hybridized carbons (Fsp3) is 0.280. The minimum atomic E-state index is -3.69. The summed E-state index contributed by atoms with van der Waals surface area (Å²) in [5, 5.41) is 2.80. The van der Waals surface area contributed by atoms with E-state index >= 15 is 0 Å². The second-order valence-electron chi connectivity index (χ2n) is 7.98. The minimum absolute atomic E-state index is 0.0857. The van der Waals surface area contributed by atoms with Crippen molar-refractivity contribution in [3.8, 4) is 11.5 Å². The topological polar surface area (TPSA) is 116 Å². The number of benzene rings is 2. The van der Waals surface area contributed by atoms with E-state index in [1.807, 2.05) is 12.1 Å². The lowest BCUT2D eigenvalue weighted by Gasteiger charge is -2.13. The molecule has 1 aromatic heterocycles. The third kappa shape index (κ3) is 6.56. The molecule has 0 radical (unpaired) electrons. The summed E-state index contributed by atoms with van der Waals surface area (Å²) >= 11 is 0. The monoisotopic (exact) mass is 497 g/mol. The number of nitrogens with zero attached hydrogens (tertiary/aromatic N) is 1. The molecule has 0 saturated carbocycles. The van der Waals surface area contributed by atoms with Gasteiger partial charge >= 0.3 is 0 Å². The van der Waals surface area contributed by atoms with E-state index < -0.39 is 10.0 Å². The lowest BCUT2D eigenvalue weighted by Crippen LogP contribution is -2.31. The Kier molecular flexibility index (Phi) is 7.96. The van der Waals surface area contributed by atoms with Gasteiger partial charge in [0.25, 0.3) is 5.91 Å². The van der Waals surface area contributed by atoms with Crippen molar-refractivity contribution < 1.29 is 27.4 Å². The quantitative estimate of drug-likeness (QED) is 0.441. The zero-order valence-electron chi connectivity index (χ0n) is 19.3. The average Bonchev–Trinajstić information content (AvgIpc) is 3.41. The number of anilines is 1. The molecular weight excluding hydrogens is 470 g/mol. The van der Waals surface area contributed by atoms with E-state index in [2.05, 4.69) is 15.0 Å². The number of pyridine rings is 1. The van der Waals surface area contributed by atoms with Gasteiger partial charge in [0.15, 0.2) is 11.5 Å². The highest BCUT2D eigenvalue weighted by Crippen LogP contribution is 2.31. The fourth-order valence-electron chi connectivity index (χ4n) is 3.59. The van der Waals surface area contributed by atoms with Gasteiger partial charge in [-0.3, -0.25) is 9.78 Å². The fourth-order valence-corrected chi connectivity index (χ4v) is 4.66. The van der Waals surface area contributed by atoms with Crippen LogP contribution in [0.5, 0.6) is 11.5 Å². The first-order chi connectivity index (χ1) is 16.9. The summed E-state index contributed by atoms with van der Waals surface area (Å²) in [5.74, 6) is 0.606. The molecule has 184 valence electrons. The zero-order chi connectivity index (χ0) is 24.7. The third-order valence-electron chi connectivity index (χ3n) is 5.49. The summed E-state index contributed by atoms with van der Waals surface area (Å²) in [7, 11) is -2.15. The highest BCUT2D eigenvalue weighted by atomic mass is 32.2. The number of hydrogen-bond acceptors (Lipinski definition) is 7. The normalized spacial score (nSPS) is 15.5. The van der Waals surface area contributed by atoms with Crippen LogP contribution in [-0.2, 0) is 21.4 Å². The number of sulfonamides is 1. The molecule has 1 fully saturated rings. The molecule has 1 atom stereocenters. The Morgan fingerprint density at radius 1 is 1.14 bits per heavy atom. The molecule has 0 spiro atoms. The Morgan fingerprint density at radius 2 is 1.97 bits per heavy atom. The van der Waals surface area contributed by atoms with Gasteiger partial charge in [-0.1, -0.05) is 6.07 Å². The first kappa shape index (κ1) is 24.6. The number of carbonyl (C=O) groups is 1. The van der Waals surface area contributed by atoms with Crippen LogP contribution in [0.1, 0.15) is 28.8 Å². The molecule has 3 aromatic rings. The summed E-state index contributed by atoms with van der Waals surface area (Å²) in [6.07, 6.45) is 5.06. The predicted molar refractivity (Wildman–Crippen MR) is 130 cm³/mol. The van der Waals surface area contributed by atoms with Gasteiger partial charge in [0.05, 0.1) is 18.1 Å². The molecule has 1 unspecified atom stereocenters. The van der Waals surface area contributed by atoms with Crippen LogP contribution in [0, 0.1) is 0 Å². The smallest absolute Gasteiger partial charge is 0.255 e. The van der Waals surface area contributed by atoms with E-state index in [1.54, 1.807) is 30.6 Å². The molecule has 1 aliphatic heterocycles. The first-order valence-electron chi connectivity index (χ1n) is 11.2. The number of rotatable bonds is 10. The Balaban J connectivity index is 1.39. The van der Waals surface area contributed by atoms with Crippen LogP contribution < -0.4 is 19.5 Å². The molecule has 0 aliphatic carbocycles. The van der Waals surface area contributed by atoms with Crippen LogP contribution in [0.3, 0.4) is 0 Å². The SMILES string of the molecule is COc1ccc(NC(=O)c2ccc(S(=O)(=O)NCC3CCCO3)cc2)cc1OCc1cccnc1. The highest BCUT2D eigenvalue weighted by molar-refractivity contribution is 7.89. The van der Waals surface area contributed by atoms with E-state index in [0.717, 1.165) is 18.4 Å². The van der Waals surface area contributed by atoms with Crippen molar-refractivity contribution in [3.05, 3.63) is 78.1 Å². The predicted octanol–water partition coefficient (Wildman–Crippen LogP) is 3.38. The molecule has 35 heavy (non-hydrogen) atoms. The number of carbonyl (C=O) groups excluding carboxylic acids is 1. The number of amides is 1. The number of ether oxygens (including phenoxy) is 3. The van der Waals surface area contributed by atoms with E-state index in [0.29, 0.717) is 36.0 Å². The molecule has 1 saturated heterocycles. The number of methoxy groups -OCH3 is 1. The highest BCUT2D eigenvalue weighted by Gasteiger charge is 2.20. The number of aromatic nitrogens is 1. The summed E-state index contributed by atoms with van der Waals surface area (Å²) in [5.41, 5.74) is 1.72. The summed E-state index contributed by atoms with van der Waals surface area (Å²) in [4.78, 5) is 16.9. The second-order valence-corrected chi connectivity index (χ2v) is 9.75. The first-order valence-corrected chi connectivity index (χ1v) is 12.7. The molecule has 4 rings (SSSR count). The van der Waals surface area contributed by atoms with Crippen LogP contribution in [0.2, 0.25) is 0 Å². The van der Waals surface area contributed by atoms with Gasteiger partial charge < -0.3 is 19.5 Å². The van der Waals surface area contributed by atoms with Crippen LogP contribution in [0.15, 0.2) is 71.9 Å². The summed E-state index contributed by atoms with van der Waals surface area (Å²) in [6.45, 7) is 1.17. The van der Waals surface area contributed by atoms with Gasteiger partial charge in [-0.2, -0.15) is 0 Å². The maximum absolute atomic E-state index is 12.7. The lowest BCUT2D eigenvalue weighted by atomic mass is 10.2. The van der Waals surface area contributed by atoms with Gasteiger partial charge in [-0.25, -0.2) is 13.1 Å². The Hall–Kier alpha value is -3.47. The number of hydrogen-bond donors (Lipinski definition) is 2. The molecule has 1 aliphatic rings. The van der Waals surface area contributed by atoms with Gasteiger partial charge in [0.1, 0.15) is 6.61 Å². The van der Waals surface area contributed by atoms with Crippen molar-refractivity contribution >= 4 is 21.6 Å². The molecule has 10 heteroatoms. The van der Waals surface area contributed by atoms with Crippen LogP contribution >= 0.6 is 0 Å². The largest absolute Gasteiger partial charge is 0.493 e. The van der Waals surface area contributed by atoms with Crippen LogP contribution in [0.25, 0.3) is 0 Å². The second kappa shape index (κ2) is 11.3. The summed E-state index contributed by atoms with van der Waals surface area (Å²) in [6, 6.07) is 14.5.